The molecule has 18 heavy (non-hydrogen) atoms. The van der Waals surface area contributed by atoms with E-state index in [1.54, 1.807) is 0 Å². The SMILES string of the molecule is CCCn1cc(C(C)(N)c2cccc(C)c2)cn1. The molecule has 2 N–H and O–H groups in total. The summed E-state index contributed by atoms with van der Waals surface area (Å²) in [5, 5.41) is 4.36. The van der Waals surface area contributed by atoms with Gasteiger partial charge in [0.05, 0.1) is 11.7 Å². The molecule has 0 aliphatic carbocycles. The molecule has 0 bridgehead atoms. The Labute approximate surface area is 109 Å². The standard InChI is InChI=1S/C15H21N3/c1-4-8-18-11-14(10-17-18)15(3,16)13-7-5-6-12(2)9-13/h5-7,9-11H,4,8,16H2,1-3H3. The van der Waals surface area contributed by atoms with E-state index in [9.17, 15) is 0 Å². The summed E-state index contributed by atoms with van der Waals surface area (Å²) in [4.78, 5) is 0. The van der Waals surface area contributed by atoms with E-state index in [1.165, 1.54) is 5.56 Å². The summed E-state index contributed by atoms with van der Waals surface area (Å²) in [6.45, 7) is 7.20. The molecule has 1 aromatic carbocycles. The molecule has 1 atom stereocenters. The van der Waals surface area contributed by atoms with Crippen molar-refractivity contribution in [3.63, 3.8) is 0 Å². The van der Waals surface area contributed by atoms with Crippen LogP contribution in [0.15, 0.2) is 36.7 Å². The summed E-state index contributed by atoms with van der Waals surface area (Å²) in [5.41, 5.74) is 9.40. The molecule has 0 radical (unpaired) electrons. The minimum Gasteiger partial charge on any atom is -0.318 e. The smallest absolute Gasteiger partial charge is 0.0668 e. The maximum atomic E-state index is 6.48. The largest absolute Gasteiger partial charge is 0.318 e. The Morgan fingerprint density at radius 1 is 1.33 bits per heavy atom. The third-order valence-electron chi connectivity index (χ3n) is 3.30. The third-order valence-corrected chi connectivity index (χ3v) is 3.30. The van der Waals surface area contributed by atoms with Crippen molar-refractivity contribution in [1.82, 2.24) is 9.78 Å². The lowest BCUT2D eigenvalue weighted by Gasteiger charge is -2.24. The topological polar surface area (TPSA) is 43.8 Å². The molecule has 0 spiro atoms. The van der Waals surface area contributed by atoms with Gasteiger partial charge >= 0.3 is 0 Å². The van der Waals surface area contributed by atoms with Gasteiger partial charge in [0, 0.05) is 18.3 Å². The molecule has 0 amide bonds. The van der Waals surface area contributed by atoms with Crippen molar-refractivity contribution in [2.24, 2.45) is 5.73 Å². The van der Waals surface area contributed by atoms with Gasteiger partial charge in [0.1, 0.15) is 0 Å². The minimum atomic E-state index is -0.488. The minimum absolute atomic E-state index is 0.488. The normalized spacial score (nSPS) is 14.4. The summed E-state index contributed by atoms with van der Waals surface area (Å²) in [6, 6.07) is 8.34. The maximum Gasteiger partial charge on any atom is 0.0668 e. The molecule has 2 rings (SSSR count). The first-order chi connectivity index (χ1) is 8.54. The van der Waals surface area contributed by atoms with Crippen molar-refractivity contribution in [3.8, 4) is 0 Å². The first-order valence-corrected chi connectivity index (χ1v) is 6.43. The van der Waals surface area contributed by atoms with Crippen LogP contribution in [-0.4, -0.2) is 9.78 Å². The first kappa shape index (κ1) is 12.8. The molecule has 96 valence electrons. The summed E-state index contributed by atoms with van der Waals surface area (Å²) in [7, 11) is 0. The molecule has 0 saturated carbocycles. The average Bonchev–Trinajstić information content (AvgIpc) is 2.79. The Hall–Kier alpha value is -1.61. The van der Waals surface area contributed by atoms with Gasteiger partial charge in [0.25, 0.3) is 0 Å². The molecule has 2 aromatic rings. The van der Waals surface area contributed by atoms with Crippen LogP contribution in [0.2, 0.25) is 0 Å². The van der Waals surface area contributed by atoms with Gasteiger partial charge in [0.2, 0.25) is 0 Å². The highest BCUT2D eigenvalue weighted by Crippen LogP contribution is 2.26. The van der Waals surface area contributed by atoms with E-state index in [0.717, 1.165) is 24.1 Å². The number of nitrogens with two attached hydrogens (primary N) is 1. The van der Waals surface area contributed by atoms with Gasteiger partial charge < -0.3 is 5.73 Å². The van der Waals surface area contributed by atoms with Crippen LogP contribution in [0.1, 0.15) is 37.0 Å². The van der Waals surface area contributed by atoms with Gasteiger partial charge in [-0.1, -0.05) is 36.8 Å². The lowest BCUT2D eigenvalue weighted by molar-refractivity contribution is 0.586. The zero-order valence-electron chi connectivity index (χ0n) is 11.4. The lowest BCUT2D eigenvalue weighted by atomic mass is 9.87. The van der Waals surface area contributed by atoms with Crippen LogP contribution in [0.4, 0.5) is 0 Å². The summed E-state index contributed by atoms with van der Waals surface area (Å²) in [5.74, 6) is 0. The molecule has 1 unspecified atom stereocenters. The van der Waals surface area contributed by atoms with Crippen molar-refractivity contribution < 1.29 is 0 Å². The van der Waals surface area contributed by atoms with Crippen molar-refractivity contribution in [2.45, 2.75) is 39.3 Å². The van der Waals surface area contributed by atoms with E-state index in [-0.39, 0.29) is 0 Å². The van der Waals surface area contributed by atoms with Crippen LogP contribution in [0, 0.1) is 6.92 Å². The summed E-state index contributed by atoms with van der Waals surface area (Å²) >= 11 is 0. The van der Waals surface area contributed by atoms with Crippen LogP contribution in [0.25, 0.3) is 0 Å². The zero-order chi connectivity index (χ0) is 13.2. The molecule has 3 nitrogen and oxygen atoms in total. The van der Waals surface area contributed by atoms with Gasteiger partial charge in [-0.15, -0.1) is 0 Å². The highest BCUT2D eigenvalue weighted by molar-refractivity contribution is 5.36. The molecule has 0 aliphatic rings. The van der Waals surface area contributed by atoms with E-state index >= 15 is 0 Å². The Balaban J connectivity index is 2.34. The predicted molar refractivity (Wildman–Crippen MR) is 74.3 cm³/mol. The Morgan fingerprint density at radius 3 is 2.78 bits per heavy atom. The highest BCUT2D eigenvalue weighted by atomic mass is 15.3. The average molecular weight is 243 g/mol. The van der Waals surface area contributed by atoms with E-state index in [2.05, 4.69) is 37.1 Å². The number of benzene rings is 1. The summed E-state index contributed by atoms with van der Waals surface area (Å²) < 4.78 is 1.95. The molecule has 1 aromatic heterocycles. The molecule has 0 saturated heterocycles. The number of hydrogen-bond acceptors (Lipinski definition) is 2. The molecular weight excluding hydrogens is 222 g/mol. The Kier molecular flexibility index (Phi) is 3.53. The van der Waals surface area contributed by atoms with E-state index in [4.69, 9.17) is 5.73 Å². The second-order valence-corrected chi connectivity index (χ2v) is 5.06. The van der Waals surface area contributed by atoms with Crippen molar-refractivity contribution in [1.29, 1.82) is 0 Å². The van der Waals surface area contributed by atoms with Crippen molar-refractivity contribution in [3.05, 3.63) is 53.3 Å². The Morgan fingerprint density at radius 2 is 2.11 bits per heavy atom. The molecular formula is C15H21N3. The molecule has 0 aliphatic heterocycles. The zero-order valence-corrected chi connectivity index (χ0v) is 11.4. The van der Waals surface area contributed by atoms with Gasteiger partial charge in [-0.3, -0.25) is 4.68 Å². The molecule has 3 heteroatoms. The second kappa shape index (κ2) is 4.94. The third kappa shape index (κ3) is 2.46. The van der Waals surface area contributed by atoms with Crippen LogP contribution < -0.4 is 5.73 Å². The number of rotatable bonds is 4. The van der Waals surface area contributed by atoms with Gasteiger partial charge in [-0.2, -0.15) is 5.10 Å². The fraction of sp³-hybridized carbons (Fsp3) is 0.400. The highest BCUT2D eigenvalue weighted by Gasteiger charge is 2.25. The van der Waals surface area contributed by atoms with E-state index < -0.39 is 5.54 Å². The monoisotopic (exact) mass is 243 g/mol. The van der Waals surface area contributed by atoms with Crippen molar-refractivity contribution in [2.75, 3.05) is 0 Å². The maximum absolute atomic E-state index is 6.48. The fourth-order valence-corrected chi connectivity index (χ4v) is 2.12. The molecule has 0 fully saturated rings. The quantitative estimate of drug-likeness (QED) is 0.897. The number of aromatic nitrogens is 2. The van der Waals surface area contributed by atoms with Crippen LogP contribution >= 0.6 is 0 Å². The van der Waals surface area contributed by atoms with E-state index in [0.29, 0.717) is 0 Å². The van der Waals surface area contributed by atoms with Gasteiger partial charge in [0.15, 0.2) is 0 Å². The second-order valence-electron chi connectivity index (χ2n) is 5.06. The lowest BCUT2D eigenvalue weighted by Crippen LogP contribution is -2.34. The van der Waals surface area contributed by atoms with Crippen LogP contribution in [-0.2, 0) is 12.1 Å². The number of hydrogen-bond donors (Lipinski definition) is 1. The van der Waals surface area contributed by atoms with Crippen LogP contribution in [0.3, 0.4) is 0 Å². The van der Waals surface area contributed by atoms with Gasteiger partial charge in [-0.25, -0.2) is 0 Å². The van der Waals surface area contributed by atoms with Crippen molar-refractivity contribution >= 4 is 0 Å². The van der Waals surface area contributed by atoms with E-state index in [1.807, 2.05) is 30.1 Å². The predicted octanol–water partition coefficient (Wildman–Crippen LogP) is 2.82. The first-order valence-electron chi connectivity index (χ1n) is 6.43. The molecule has 1 heterocycles. The Bertz CT molecular complexity index is 526. The fourth-order valence-electron chi connectivity index (χ4n) is 2.12. The summed E-state index contributed by atoms with van der Waals surface area (Å²) in [6.07, 6.45) is 5.00. The number of nitrogens with zero attached hydrogens (tertiary/aromatic N) is 2. The van der Waals surface area contributed by atoms with Crippen LogP contribution in [0.5, 0.6) is 0 Å². The number of aryl methyl sites for hydroxylation is 2. The van der Waals surface area contributed by atoms with Gasteiger partial charge in [-0.05, 0) is 25.8 Å².